The number of benzene rings is 1. The van der Waals surface area contributed by atoms with Gasteiger partial charge in [-0.15, -0.1) is 0 Å². The van der Waals surface area contributed by atoms with Crippen molar-refractivity contribution >= 4 is 28.5 Å². The van der Waals surface area contributed by atoms with Crippen LogP contribution < -0.4 is 10.1 Å². The second-order valence-electron chi connectivity index (χ2n) is 7.93. The molecule has 1 aliphatic carbocycles. The SMILES string of the molecule is CCC(O)CN(C(=O)NCCCOc1ccc2nc(Cl)ccc2c1)C1CCCCC1. The van der Waals surface area contributed by atoms with Crippen LogP contribution in [0.5, 0.6) is 5.75 Å². The molecule has 2 amide bonds. The van der Waals surface area contributed by atoms with Gasteiger partial charge in [-0.2, -0.15) is 0 Å². The number of ether oxygens (including phenoxy) is 1. The smallest absolute Gasteiger partial charge is 0.317 e. The average Bonchev–Trinajstić information content (AvgIpc) is 2.77. The van der Waals surface area contributed by atoms with Gasteiger partial charge in [0, 0.05) is 24.5 Å². The van der Waals surface area contributed by atoms with E-state index in [2.05, 4.69) is 10.3 Å². The molecule has 1 unspecified atom stereocenters. The molecular weight excluding hydrogens is 402 g/mol. The molecule has 1 fully saturated rings. The van der Waals surface area contributed by atoms with E-state index in [1.54, 1.807) is 6.07 Å². The van der Waals surface area contributed by atoms with Crippen molar-refractivity contribution in [3.63, 3.8) is 0 Å². The number of aliphatic hydroxyl groups excluding tert-OH is 1. The molecule has 0 bridgehead atoms. The summed E-state index contributed by atoms with van der Waals surface area (Å²) >= 11 is 5.92. The van der Waals surface area contributed by atoms with Crippen LogP contribution in [0.25, 0.3) is 10.9 Å². The van der Waals surface area contributed by atoms with E-state index < -0.39 is 6.10 Å². The predicted molar refractivity (Wildman–Crippen MR) is 120 cm³/mol. The molecule has 2 aromatic rings. The normalized spacial score (nSPS) is 15.7. The van der Waals surface area contributed by atoms with Crippen molar-refractivity contribution in [2.75, 3.05) is 19.7 Å². The van der Waals surface area contributed by atoms with Crippen LogP contribution in [0, 0.1) is 0 Å². The summed E-state index contributed by atoms with van der Waals surface area (Å²) in [6.07, 6.45) is 6.46. The Balaban J connectivity index is 1.44. The van der Waals surface area contributed by atoms with E-state index in [1.807, 2.05) is 36.1 Å². The third-order valence-corrected chi connectivity index (χ3v) is 5.86. The molecule has 1 aromatic heterocycles. The maximum Gasteiger partial charge on any atom is 0.317 e. The Kier molecular flexibility index (Phi) is 8.58. The Morgan fingerprint density at radius 1 is 1.30 bits per heavy atom. The largest absolute Gasteiger partial charge is 0.494 e. The third-order valence-electron chi connectivity index (χ3n) is 5.65. The highest BCUT2D eigenvalue weighted by Gasteiger charge is 2.26. The lowest BCUT2D eigenvalue weighted by molar-refractivity contribution is 0.0879. The molecular formula is C23H32ClN3O3. The molecule has 6 nitrogen and oxygen atoms in total. The number of amides is 2. The molecule has 0 spiro atoms. The molecule has 1 heterocycles. The zero-order chi connectivity index (χ0) is 21.3. The van der Waals surface area contributed by atoms with Gasteiger partial charge < -0.3 is 20.1 Å². The molecule has 1 aromatic carbocycles. The van der Waals surface area contributed by atoms with Crippen molar-refractivity contribution in [3.8, 4) is 5.75 Å². The van der Waals surface area contributed by atoms with Gasteiger partial charge in [0.1, 0.15) is 10.9 Å². The molecule has 1 saturated carbocycles. The number of nitrogens with one attached hydrogen (secondary N) is 1. The number of hydrogen-bond donors (Lipinski definition) is 2. The highest BCUT2D eigenvalue weighted by atomic mass is 35.5. The third kappa shape index (κ3) is 6.47. The Hall–Kier alpha value is -2.05. The fourth-order valence-electron chi connectivity index (χ4n) is 3.87. The number of urea groups is 1. The molecule has 3 rings (SSSR count). The van der Waals surface area contributed by atoms with Gasteiger partial charge >= 0.3 is 6.03 Å². The van der Waals surface area contributed by atoms with Gasteiger partial charge in [-0.05, 0) is 56.0 Å². The summed E-state index contributed by atoms with van der Waals surface area (Å²) in [5.74, 6) is 0.771. The van der Waals surface area contributed by atoms with Gasteiger partial charge in [-0.25, -0.2) is 9.78 Å². The van der Waals surface area contributed by atoms with E-state index in [0.717, 1.165) is 42.3 Å². The summed E-state index contributed by atoms with van der Waals surface area (Å²) in [4.78, 5) is 18.9. The first-order valence-corrected chi connectivity index (χ1v) is 11.4. The molecule has 2 N–H and O–H groups in total. The fraction of sp³-hybridized carbons (Fsp3) is 0.565. The molecule has 1 atom stereocenters. The van der Waals surface area contributed by atoms with Crippen LogP contribution in [0.15, 0.2) is 30.3 Å². The Morgan fingerprint density at radius 2 is 2.10 bits per heavy atom. The number of aliphatic hydroxyl groups is 1. The summed E-state index contributed by atoms with van der Waals surface area (Å²) in [5, 5.41) is 14.5. The standard InChI is InChI=1S/C23H32ClN3O3/c1-2-19(28)16-27(18-7-4-3-5-8-18)23(29)25-13-6-14-30-20-10-11-21-17(15-20)9-12-22(24)26-21/h9-12,15,18-19,28H,2-8,13-14,16H2,1H3,(H,25,29). The Labute approximate surface area is 183 Å². The monoisotopic (exact) mass is 433 g/mol. The lowest BCUT2D eigenvalue weighted by Gasteiger charge is -2.35. The predicted octanol–water partition coefficient (Wildman–Crippen LogP) is 4.77. The van der Waals surface area contributed by atoms with E-state index in [0.29, 0.717) is 37.7 Å². The van der Waals surface area contributed by atoms with E-state index in [-0.39, 0.29) is 12.1 Å². The van der Waals surface area contributed by atoms with Crippen LogP contribution in [0.3, 0.4) is 0 Å². The number of carbonyl (C=O) groups is 1. The van der Waals surface area contributed by atoms with Gasteiger partial charge in [0.15, 0.2) is 0 Å². The number of pyridine rings is 1. The minimum Gasteiger partial charge on any atom is -0.494 e. The Morgan fingerprint density at radius 3 is 2.87 bits per heavy atom. The highest BCUT2D eigenvalue weighted by molar-refractivity contribution is 6.29. The topological polar surface area (TPSA) is 74.7 Å². The van der Waals surface area contributed by atoms with Crippen LogP contribution >= 0.6 is 11.6 Å². The van der Waals surface area contributed by atoms with Crippen LogP contribution in [-0.2, 0) is 0 Å². The lowest BCUT2D eigenvalue weighted by Crippen LogP contribution is -2.50. The number of carbonyl (C=O) groups excluding carboxylic acids is 1. The average molecular weight is 434 g/mol. The number of halogens is 1. The van der Waals surface area contributed by atoms with E-state index in [4.69, 9.17) is 16.3 Å². The van der Waals surface area contributed by atoms with Gasteiger partial charge in [0.05, 0.1) is 18.2 Å². The highest BCUT2D eigenvalue weighted by Crippen LogP contribution is 2.23. The molecule has 164 valence electrons. The van der Waals surface area contributed by atoms with Crippen LogP contribution in [-0.4, -0.2) is 52.9 Å². The molecule has 7 heteroatoms. The van der Waals surface area contributed by atoms with E-state index in [1.165, 1.54) is 6.42 Å². The van der Waals surface area contributed by atoms with E-state index >= 15 is 0 Å². The quantitative estimate of drug-likeness (QED) is 0.441. The lowest BCUT2D eigenvalue weighted by atomic mass is 9.94. The summed E-state index contributed by atoms with van der Waals surface area (Å²) in [7, 11) is 0. The van der Waals surface area contributed by atoms with Crippen molar-refractivity contribution < 1.29 is 14.6 Å². The maximum atomic E-state index is 12.7. The van der Waals surface area contributed by atoms with Gasteiger partial charge in [-0.1, -0.05) is 37.8 Å². The zero-order valence-electron chi connectivity index (χ0n) is 17.6. The van der Waals surface area contributed by atoms with E-state index in [9.17, 15) is 9.90 Å². The second kappa shape index (κ2) is 11.4. The zero-order valence-corrected chi connectivity index (χ0v) is 18.4. The summed E-state index contributed by atoms with van der Waals surface area (Å²) in [6, 6.07) is 9.53. The number of rotatable bonds is 9. The van der Waals surface area contributed by atoms with Gasteiger partial charge in [0.2, 0.25) is 0 Å². The fourth-order valence-corrected chi connectivity index (χ4v) is 4.03. The minimum absolute atomic E-state index is 0.0805. The summed E-state index contributed by atoms with van der Waals surface area (Å²) in [6.45, 7) is 3.39. The molecule has 0 aliphatic heterocycles. The Bertz CT molecular complexity index is 826. The molecule has 1 aliphatic rings. The van der Waals surface area contributed by atoms with Crippen molar-refractivity contribution in [2.45, 2.75) is 64.0 Å². The summed E-state index contributed by atoms with van der Waals surface area (Å²) in [5.41, 5.74) is 0.833. The van der Waals surface area contributed by atoms with Crippen molar-refractivity contribution in [2.24, 2.45) is 0 Å². The molecule has 30 heavy (non-hydrogen) atoms. The van der Waals surface area contributed by atoms with Crippen molar-refractivity contribution in [1.29, 1.82) is 0 Å². The summed E-state index contributed by atoms with van der Waals surface area (Å²) < 4.78 is 5.82. The number of fused-ring (bicyclic) bond motifs is 1. The number of nitrogens with zero attached hydrogens (tertiary/aromatic N) is 2. The van der Waals surface area contributed by atoms with Gasteiger partial charge in [-0.3, -0.25) is 0 Å². The number of aromatic nitrogens is 1. The van der Waals surface area contributed by atoms with Crippen LogP contribution in [0.1, 0.15) is 51.9 Å². The van der Waals surface area contributed by atoms with Crippen molar-refractivity contribution in [1.82, 2.24) is 15.2 Å². The first-order valence-electron chi connectivity index (χ1n) is 11.0. The number of hydrogen-bond acceptors (Lipinski definition) is 4. The molecule has 0 saturated heterocycles. The second-order valence-corrected chi connectivity index (χ2v) is 8.32. The first kappa shape index (κ1) is 22.6. The maximum absolute atomic E-state index is 12.7. The minimum atomic E-state index is -0.474. The molecule has 0 radical (unpaired) electrons. The first-order chi connectivity index (χ1) is 14.6. The van der Waals surface area contributed by atoms with Gasteiger partial charge in [0.25, 0.3) is 0 Å². The van der Waals surface area contributed by atoms with Crippen LogP contribution in [0.2, 0.25) is 5.15 Å². The van der Waals surface area contributed by atoms with Crippen molar-refractivity contribution in [3.05, 3.63) is 35.5 Å². The van der Waals surface area contributed by atoms with Crippen LogP contribution in [0.4, 0.5) is 4.79 Å².